The summed E-state index contributed by atoms with van der Waals surface area (Å²) in [6, 6.07) is 11.6. The smallest absolute Gasteiger partial charge is 0.0234 e. The van der Waals surface area contributed by atoms with Crippen LogP contribution in [0.5, 0.6) is 0 Å². The highest BCUT2D eigenvalue weighted by Crippen LogP contribution is 2.43. The van der Waals surface area contributed by atoms with E-state index >= 15 is 0 Å². The second-order valence-corrected chi connectivity index (χ2v) is 7.15. The zero-order valence-electron chi connectivity index (χ0n) is 13.5. The van der Waals surface area contributed by atoms with E-state index in [1.807, 2.05) is 0 Å². The van der Waals surface area contributed by atoms with Gasteiger partial charge in [0.05, 0.1) is 0 Å². The van der Waals surface area contributed by atoms with Crippen LogP contribution in [0.25, 0.3) is 0 Å². The molecule has 2 aliphatic rings. The van der Waals surface area contributed by atoms with Crippen LogP contribution in [0.15, 0.2) is 30.3 Å². The Morgan fingerprint density at radius 3 is 2.67 bits per heavy atom. The monoisotopic (exact) mass is 286 g/mol. The van der Waals surface area contributed by atoms with Crippen LogP contribution in [0.1, 0.15) is 51.0 Å². The number of benzene rings is 1. The lowest BCUT2D eigenvalue weighted by Crippen LogP contribution is -2.49. The van der Waals surface area contributed by atoms with Crippen molar-refractivity contribution in [2.45, 2.75) is 58.0 Å². The maximum absolute atomic E-state index is 3.89. The highest BCUT2D eigenvalue weighted by atomic mass is 15.2. The molecule has 1 heterocycles. The molecule has 1 atom stereocenters. The van der Waals surface area contributed by atoms with Gasteiger partial charge in [0.2, 0.25) is 0 Å². The summed E-state index contributed by atoms with van der Waals surface area (Å²) in [7, 11) is 0. The van der Waals surface area contributed by atoms with Crippen molar-refractivity contribution in [2.24, 2.45) is 5.41 Å². The first-order valence-corrected chi connectivity index (χ1v) is 8.79. The lowest BCUT2D eigenvalue weighted by Gasteiger charge is -2.43. The molecule has 3 rings (SSSR count). The molecule has 0 amide bonds. The predicted molar refractivity (Wildman–Crippen MR) is 89.3 cm³/mol. The van der Waals surface area contributed by atoms with Crippen molar-refractivity contribution < 1.29 is 0 Å². The van der Waals surface area contributed by atoms with Gasteiger partial charge in [-0.15, -0.1) is 0 Å². The minimum atomic E-state index is 0.641. The van der Waals surface area contributed by atoms with E-state index in [-0.39, 0.29) is 0 Å². The third-order valence-electron chi connectivity index (χ3n) is 5.68. The molecule has 1 aliphatic carbocycles. The average molecular weight is 286 g/mol. The fraction of sp³-hybridized carbons (Fsp3) is 0.684. The van der Waals surface area contributed by atoms with Gasteiger partial charge in [-0.25, -0.2) is 0 Å². The van der Waals surface area contributed by atoms with Crippen molar-refractivity contribution in [3.63, 3.8) is 0 Å². The molecule has 1 aliphatic heterocycles. The van der Waals surface area contributed by atoms with Crippen molar-refractivity contribution in [1.29, 1.82) is 0 Å². The predicted octanol–water partition coefficient (Wildman–Crippen LogP) is 3.82. The van der Waals surface area contributed by atoms with E-state index in [1.54, 1.807) is 0 Å². The number of nitrogens with zero attached hydrogens (tertiary/aromatic N) is 1. The van der Waals surface area contributed by atoms with Gasteiger partial charge in [0.15, 0.2) is 0 Å². The van der Waals surface area contributed by atoms with E-state index in [1.165, 1.54) is 63.7 Å². The maximum Gasteiger partial charge on any atom is 0.0234 e. The molecule has 0 spiro atoms. The van der Waals surface area contributed by atoms with Crippen LogP contribution in [-0.2, 0) is 6.54 Å². The summed E-state index contributed by atoms with van der Waals surface area (Å²) in [5, 5.41) is 3.89. The number of hydrogen-bond acceptors (Lipinski definition) is 2. The Labute approximate surface area is 129 Å². The fourth-order valence-corrected chi connectivity index (χ4v) is 3.90. The van der Waals surface area contributed by atoms with Gasteiger partial charge < -0.3 is 5.32 Å². The van der Waals surface area contributed by atoms with Gasteiger partial charge in [-0.2, -0.15) is 0 Å². The third kappa shape index (κ3) is 3.87. The van der Waals surface area contributed by atoms with E-state index in [0.29, 0.717) is 11.5 Å². The zero-order chi connectivity index (χ0) is 14.5. The minimum Gasteiger partial charge on any atom is -0.312 e. The van der Waals surface area contributed by atoms with E-state index in [2.05, 4.69) is 47.5 Å². The molecule has 1 aromatic rings. The Kier molecular flexibility index (Phi) is 4.97. The topological polar surface area (TPSA) is 15.3 Å². The summed E-state index contributed by atoms with van der Waals surface area (Å²) in [6.45, 7) is 7.19. The second kappa shape index (κ2) is 6.93. The van der Waals surface area contributed by atoms with Crippen molar-refractivity contribution in [2.75, 3.05) is 19.6 Å². The molecule has 2 nitrogen and oxygen atoms in total. The molecular weight excluding hydrogens is 256 g/mol. The largest absolute Gasteiger partial charge is 0.312 e. The van der Waals surface area contributed by atoms with Crippen LogP contribution in [0.2, 0.25) is 0 Å². The summed E-state index contributed by atoms with van der Waals surface area (Å²) >= 11 is 0. The van der Waals surface area contributed by atoms with Crippen LogP contribution in [0.3, 0.4) is 0 Å². The summed E-state index contributed by atoms with van der Waals surface area (Å²) in [5.41, 5.74) is 2.09. The van der Waals surface area contributed by atoms with Crippen LogP contribution < -0.4 is 5.32 Å². The molecule has 116 valence electrons. The minimum absolute atomic E-state index is 0.641. The first kappa shape index (κ1) is 15.1. The SMILES string of the molecule is CCC1(CNC2CCCN(Cc3ccccc3)C2)CCC1. The lowest BCUT2D eigenvalue weighted by atomic mass is 9.67. The van der Waals surface area contributed by atoms with Gasteiger partial charge in [0, 0.05) is 25.7 Å². The van der Waals surface area contributed by atoms with Gasteiger partial charge in [-0.3, -0.25) is 4.90 Å². The van der Waals surface area contributed by atoms with Crippen molar-refractivity contribution in [3.05, 3.63) is 35.9 Å². The highest BCUT2D eigenvalue weighted by Gasteiger charge is 2.35. The Morgan fingerprint density at radius 2 is 2.00 bits per heavy atom. The molecule has 0 bridgehead atoms. The maximum atomic E-state index is 3.89. The van der Waals surface area contributed by atoms with E-state index < -0.39 is 0 Å². The lowest BCUT2D eigenvalue weighted by molar-refractivity contribution is 0.105. The molecule has 1 saturated carbocycles. The molecule has 2 fully saturated rings. The first-order valence-electron chi connectivity index (χ1n) is 8.79. The van der Waals surface area contributed by atoms with E-state index in [9.17, 15) is 0 Å². The van der Waals surface area contributed by atoms with Gasteiger partial charge in [0.1, 0.15) is 0 Å². The standard InChI is InChI=1S/C19H30N2/c1-2-19(11-7-12-19)16-20-18-10-6-13-21(15-18)14-17-8-4-3-5-9-17/h3-5,8-9,18,20H,2,6-7,10-16H2,1H3. The van der Waals surface area contributed by atoms with Gasteiger partial charge in [-0.1, -0.05) is 43.7 Å². The summed E-state index contributed by atoms with van der Waals surface area (Å²) in [5.74, 6) is 0. The quantitative estimate of drug-likeness (QED) is 0.855. The number of nitrogens with one attached hydrogen (secondary N) is 1. The molecule has 21 heavy (non-hydrogen) atoms. The number of likely N-dealkylation sites (tertiary alicyclic amines) is 1. The van der Waals surface area contributed by atoms with Gasteiger partial charge >= 0.3 is 0 Å². The Balaban J connectivity index is 1.47. The van der Waals surface area contributed by atoms with Crippen LogP contribution in [0, 0.1) is 5.41 Å². The Morgan fingerprint density at radius 1 is 1.19 bits per heavy atom. The first-order chi connectivity index (χ1) is 10.3. The van der Waals surface area contributed by atoms with Crippen molar-refractivity contribution >= 4 is 0 Å². The molecule has 1 N–H and O–H groups in total. The van der Waals surface area contributed by atoms with E-state index in [0.717, 1.165) is 6.54 Å². The molecule has 0 aromatic heterocycles. The Hall–Kier alpha value is -0.860. The van der Waals surface area contributed by atoms with Crippen molar-refractivity contribution in [3.8, 4) is 0 Å². The molecular formula is C19H30N2. The molecule has 1 saturated heterocycles. The van der Waals surface area contributed by atoms with Crippen LogP contribution in [0.4, 0.5) is 0 Å². The van der Waals surface area contributed by atoms with Gasteiger partial charge in [0.25, 0.3) is 0 Å². The highest BCUT2D eigenvalue weighted by molar-refractivity contribution is 5.14. The second-order valence-electron chi connectivity index (χ2n) is 7.15. The zero-order valence-corrected chi connectivity index (χ0v) is 13.5. The summed E-state index contributed by atoms with van der Waals surface area (Å²) < 4.78 is 0. The normalized spacial score (nSPS) is 25.5. The third-order valence-corrected chi connectivity index (χ3v) is 5.68. The average Bonchev–Trinajstić information content (AvgIpc) is 2.48. The number of rotatable bonds is 6. The van der Waals surface area contributed by atoms with Crippen LogP contribution in [-0.4, -0.2) is 30.6 Å². The molecule has 0 radical (unpaired) electrons. The van der Waals surface area contributed by atoms with Crippen molar-refractivity contribution in [1.82, 2.24) is 10.2 Å². The fourth-order valence-electron chi connectivity index (χ4n) is 3.90. The van der Waals surface area contributed by atoms with Gasteiger partial charge in [-0.05, 0) is 49.6 Å². The molecule has 1 unspecified atom stereocenters. The molecule has 2 heteroatoms. The Bertz CT molecular complexity index is 419. The number of hydrogen-bond donors (Lipinski definition) is 1. The summed E-state index contributed by atoms with van der Waals surface area (Å²) in [6.07, 6.45) is 8.36. The summed E-state index contributed by atoms with van der Waals surface area (Å²) in [4.78, 5) is 2.62. The molecule has 1 aromatic carbocycles. The van der Waals surface area contributed by atoms with E-state index in [4.69, 9.17) is 0 Å². The number of piperidine rings is 1. The van der Waals surface area contributed by atoms with Crippen LogP contribution >= 0.6 is 0 Å².